The van der Waals surface area contributed by atoms with E-state index in [0.717, 1.165) is 18.2 Å². The van der Waals surface area contributed by atoms with Gasteiger partial charge in [-0.25, -0.2) is 0 Å². The maximum absolute atomic E-state index is 5.41. The third-order valence-electron chi connectivity index (χ3n) is 2.31. The van der Waals surface area contributed by atoms with Crippen molar-refractivity contribution in [2.45, 2.75) is 32.1 Å². The smallest absolute Gasteiger partial charge is 0.0160 e. The minimum Gasteiger partial charge on any atom is -0.330 e. The van der Waals surface area contributed by atoms with Gasteiger partial charge in [-0.15, -0.1) is 0 Å². The van der Waals surface area contributed by atoms with E-state index in [4.69, 9.17) is 5.73 Å². The molecule has 0 amide bonds. The standard InChI is InChI=1S/C9H19NS2/c10-6-7-11-12-8-9-4-2-1-3-5-9/h9H,1-8,10H2. The van der Waals surface area contributed by atoms with Crippen LogP contribution in [0.25, 0.3) is 0 Å². The van der Waals surface area contributed by atoms with E-state index in [0.29, 0.717) is 0 Å². The van der Waals surface area contributed by atoms with Crippen molar-refractivity contribution in [2.24, 2.45) is 11.7 Å². The number of nitrogens with two attached hydrogens (primary N) is 1. The molecular formula is C9H19NS2. The molecule has 0 radical (unpaired) electrons. The van der Waals surface area contributed by atoms with Crippen LogP contribution in [-0.4, -0.2) is 18.1 Å². The summed E-state index contributed by atoms with van der Waals surface area (Å²) in [5, 5.41) is 0. The second-order valence-electron chi connectivity index (χ2n) is 3.40. The summed E-state index contributed by atoms with van der Waals surface area (Å²) in [7, 11) is 3.96. The van der Waals surface area contributed by atoms with Crippen molar-refractivity contribution >= 4 is 21.6 Å². The molecule has 0 aromatic heterocycles. The molecule has 0 aromatic rings. The Morgan fingerprint density at radius 1 is 1.08 bits per heavy atom. The first-order valence-corrected chi connectivity index (χ1v) is 7.37. The van der Waals surface area contributed by atoms with E-state index in [1.165, 1.54) is 37.9 Å². The van der Waals surface area contributed by atoms with E-state index in [-0.39, 0.29) is 0 Å². The molecule has 0 aromatic carbocycles. The molecule has 1 rings (SSSR count). The second kappa shape index (κ2) is 7.10. The van der Waals surface area contributed by atoms with Crippen LogP contribution in [0.4, 0.5) is 0 Å². The van der Waals surface area contributed by atoms with Crippen LogP contribution in [0.2, 0.25) is 0 Å². The van der Waals surface area contributed by atoms with E-state index in [1.54, 1.807) is 0 Å². The van der Waals surface area contributed by atoms with Gasteiger partial charge in [0, 0.05) is 18.1 Å². The minimum absolute atomic E-state index is 0.822. The Hall–Kier alpha value is 0.660. The van der Waals surface area contributed by atoms with Crippen molar-refractivity contribution in [1.82, 2.24) is 0 Å². The molecular weight excluding hydrogens is 186 g/mol. The Balaban J connectivity index is 1.91. The highest BCUT2D eigenvalue weighted by Crippen LogP contribution is 2.31. The fourth-order valence-corrected chi connectivity index (χ4v) is 3.95. The molecule has 0 bridgehead atoms. The van der Waals surface area contributed by atoms with Crippen LogP contribution in [0.5, 0.6) is 0 Å². The van der Waals surface area contributed by atoms with Gasteiger partial charge in [0.1, 0.15) is 0 Å². The molecule has 1 nitrogen and oxygen atoms in total. The highest BCUT2D eigenvalue weighted by atomic mass is 33.1. The molecule has 1 aliphatic rings. The molecule has 1 fully saturated rings. The van der Waals surface area contributed by atoms with E-state index >= 15 is 0 Å². The average molecular weight is 205 g/mol. The molecule has 72 valence electrons. The monoisotopic (exact) mass is 205 g/mol. The van der Waals surface area contributed by atoms with E-state index in [9.17, 15) is 0 Å². The largest absolute Gasteiger partial charge is 0.330 e. The van der Waals surface area contributed by atoms with Gasteiger partial charge in [-0.3, -0.25) is 0 Å². The third-order valence-corrected chi connectivity index (χ3v) is 4.90. The molecule has 2 N–H and O–H groups in total. The van der Waals surface area contributed by atoms with Crippen molar-refractivity contribution in [3.8, 4) is 0 Å². The predicted molar refractivity (Wildman–Crippen MR) is 60.5 cm³/mol. The summed E-state index contributed by atoms with van der Waals surface area (Å²) in [6, 6.07) is 0. The molecule has 0 atom stereocenters. The Labute approximate surface area is 83.6 Å². The normalized spacial score (nSPS) is 19.8. The highest BCUT2D eigenvalue weighted by Gasteiger charge is 2.12. The topological polar surface area (TPSA) is 26.0 Å². The van der Waals surface area contributed by atoms with Gasteiger partial charge < -0.3 is 5.73 Å². The van der Waals surface area contributed by atoms with Crippen molar-refractivity contribution in [3.63, 3.8) is 0 Å². The summed E-state index contributed by atoms with van der Waals surface area (Å²) in [5.74, 6) is 3.47. The Kier molecular flexibility index (Phi) is 6.35. The van der Waals surface area contributed by atoms with Crippen LogP contribution in [0.15, 0.2) is 0 Å². The minimum atomic E-state index is 0.822. The third kappa shape index (κ3) is 4.63. The number of rotatable bonds is 5. The van der Waals surface area contributed by atoms with Crippen molar-refractivity contribution in [1.29, 1.82) is 0 Å². The lowest BCUT2D eigenvalue weighted by Crippen LogP contribution is -2.08. The zero-order valence-corrected chi connectivity index (χ0v) is 9.26. The van der Waals surface area contributed by atoms with Crippen LogP contribution < -0.4 is 5.73 Å². The Morgan fingerprint density at radius 2 is 1.83 bits per heavy atom. The lowest BCUT2D eigenvalue weighted by Gasteiger charge is -2.20. The summed E-state index contributed by atoms with van der Waals surface area (Å²) in [4.78, 5) is 0. The first-order chi connectivity index (χ1) is 5.93. The first-order valence-electron chi connectivity index (χ1n) is 4.88. The number of hydrogen-bond donors (Lipinski definition) is 1. The Bertz CT molecular complexity index is 103. The van der Waals surface area contributed by atoms with Gasteiger partial charge >= 0.3 is 0 Å². The van der Waals surface area contributed by atoms with Gasteiger partial charge in [0.2, 0.25) is 0 Å². The van der Waals surface area contributed by atoms with Crippen molar-refractivity contribution < 1.29 is 0 Å². The molecule has 1 saturated carbocycles. The van der Waals surface area contributed by atoms with E-state index in [2.05, 4.69) is 0 Å². The molecule has 1 aliphatic carbocycles. The maximum atomic E-state index is 5.41. The first kappa shape index (κ1) is 10.7. The van der Waals surface area contributed by atoms with Crippen LogP contribution >= 0.6 is 21.6 Å². The highest BCUT2D eigenvalue weighted by molar-refractivity contribution is 8.76. The molecule has 12 heavy (non-hydrogen) atoms. The lowest BCUT2D eigenvalue weighted by atomic mass is 9.91. The van der Waals surface area contributed by atoms with E-state index < -0.39 is 0 Å². The van der Waals surface area contributed by atoms with Crippen LogP contribution in [0, 0.1) is 5.92 Å². The van der Waals surface area contributed by atoms with Crippen LogP contribution in [0.3, 0.4) is 0 Å². The fourth-order valence-electron chi connectivity index (χ4n) is 1.61. The van der Waals surface area contributed by atoms with Crippen LogP contribution in [-0.2, 0) is 0 Å². The second-order valence-corrected chi connectivity index (χ2v) is 6.03. The lowest BCUT2D eigenvalue weighted by molar-refractivity contribution is 0.391. The van der Waals surface area contributed by atoms with Crippen LogP contribution in [0.1, 0.15) is 32.1 Å². The summed E-state index contributed by atoms with van der Waals surface area (Å²) >= 11 is 0. The van der Waals surface area contributed by atoms with Gasteiger partial charge in [0.15, 0.2) is 0 Å². The fraction of sp³-hybridized carbons (Fsp3) is 1.00. The summed E-state index contributed by atoms with van der Waals surface area (Å²) in [6.07, 6.45) is 7.34. The molecule has 0 spiro atoms. The van der Waals surface area contributed by atoms with Gasteiger partial charge in [-0.2, -0.15) is 0 Å². The summed E-state index contributed by atoms with van der Waals surface area (Å²) in [5.41, 5.74) is 5.41. The van der Waals surface area contributed by atoms with E-state index in [1.807, 2.05) is 21.6 Å². The Morgan fingerprint density at radius 3 is 2.50 bits per heavy atom. The van der Waals surface area contributed by atoms with Gasteiger partial charge in [-0.05, 0) is 18.8 Å². The molecule has 0 unspecified atom stereocenters. The molecule has 0 heterocycles. The van der Waals surface area contributed by atoms with Gasteiger partial charge in [0.25, 0.3) is 0 Å². The summed E-state index contributed by atoms with van der Waals surface area (Å²) < 4.78 is 0. The molecule has 3 heteroatoms. The quantitative estimate of drug-likeness (QED) is 0.552. The van der Waals surface area contributed by atoms with Crippen molar-refractivity contribution in [2.75, 3.05) is 18.1 Å². The van der Waals surface area contributed by atoms with Gasteiger partial charge in [0.05, 0.1) is 0 Å². The zero-order valence-electron chi connectivity index (χ0n) is 7.63. The zero-order chi connectivity index (χ0) is 8.65. The summed E-state index contributed by atoms with van der Waals surface area (Å²) in [6.45, 7) is 0.822. The number of hydrogen-bond acceptors (Lipinski definition) is 3. The average Bonchev–Trinajstić information content (AvgIpc) is 2.14. The predicted octanol–water partition coefficient (Wildman–Crippen LogP) is 2.91. The molecule has 0 aliphatic heterocycles. The molecule has 0 saturated heterocycles. The van der Waals surface area contributed by atoms with Crippen molar-refractivity contribution in [3.05, 3.63) is 0 Å². The van der Waals surface area contributed by atoms with Gasteiger partial charge in [-0.1, -0.05) is 40.9 Å². The SMILES string of the molecule is NCCSSCC1CCCCC1. The maximum Gasteiger partial charge on any atom is 0.0160 e.